The second kappa shape index (κ2) is 15.5. The van der Waals surface area contributed by atoms with E-state index in [1.165, 1.54) is 24.3 Å². The number of carbonyl (C=O) groups excluding carboxylic acids is 1. The van der Waals surface area contributed by atoms with Gasteiger partial charge in [-0.25, -0.2) is 4.98 Å². The molecule has 46 heavy (non-hydrogen) atoms. The van der Waals surface area contributed by atoms with Crippen molar-refractivity contribution in [1.82, 2.24) is 14.8 Å². The van der Waals surface area contributed by atoms with Gasteiger partial charge >= 0.3 is 6.18 Å². The number of likely N-dealkylation sites (N-methyl/N-ethyl adjacent to an activating group) is 1. The maximum absolute atomic E-state index is 14.1. The highest BCUT2D eigenvalue weighted by Gasteiger charge is 2.39. The molecule has 3 aliphatic rings. The number of hydrogen-bond acceptors (Lipinski definition) is 8. The zero-order chi connectivity index (χ0) is 31.6. The number of hydrogen-bond donors (Lipinski definition) is 0. The molecule has 0 N–H and O–H groups in total. The molecule has 2 atom stereocenters. The van der Waals surface area contributed by atoms with Gasteiger partial charge < -0.3 is 24.3 Å². The molecule has 0 aliphatic carbocycles. The number of anilines is 2. The number of aromatic nitrogens is 1. The molecule has 248 valence electrons. The van der Waals surface area contributed by atoms with Gasteiger partial charge in [-0.15, -0.1) is 0 Å². The minimum atomic E-state index is -4.66. The molecule has 0 bridgehead atoms. The third-order valence-electron chi connectivity index (χ3n) is 8.69. The summed E-state index contributed by atoms with van der Waals surface area (Å²) in [5, 5.41) is 19.5. The van der Waals surface area contributed by atoms with Crippen LogP contribution < -0.4 is 14.5 Å². The number of rotatable bonds is 7. The highest BCUT2D eigenvalue weighted by Crippen LogP contribution is 2.44. The summed E-state index contributed by atoms with van der Waals surface area (Å²) in [5.74, 6) is -0.142. The molecule has 1 aromatic carbocycles. The van der Waals surface area contributed by atoms with Crippen LogP contribution in [0.15, 0.2) is 30.9 Å². The minimum Gasteiger partial charge on any atom is -0.475 e. The van der Waals surface area contributed by atoms with Crippen LogP contribution in [0.2, 0.25) is 5.02 Å². The normalized spacial score (nSPS) is 19.7. The second-order valence-electron chi connectivity index (χ2n) is 11.3. The summed E-state index contributed by atoms with van der Waals surface area (Å²) in [4.78, 5) is 24.7. The van der Waals surface area contributed by atoms with E-state index in [4.69, 9.17) is 21.3 Å². The van der Waals surface area contributed by atoms with Gasteiger partial charge in [0, 0.05) is 37.8 Å². The molecule has 2 aromatic rings. The summed E-state index contributed by atoms with van der Waals surface area (Å²) in [7, 11) is 2.01. The number of likely N-dealkylation sites (tertiary alicyclic amines) is 1. The van der Waals surface area contributed by atoms with E-state index < -0.39 is 17.8 Å². The van der Waals surface area contributed by atoms with E-state index in [0.29, 0.717) is 44.0 Å². The number of benzene rings is 1. The predicted molar refractivity (Wildman–Crippen MR) is 180 cm³/mol. The number of fused-ring (bicyclic) bond motifs is 1. The van der Waals surface area contributed by atoms with Crippen molar-refractivity contribution < 1.29 is 22.7 Å². The Kier molecular flexibility index (Phi) is 12.5. The number of carbonyl (C=O) groups is 1. The van der Waals surface area contributed by atoms with Crippen LogP contribution >= 0.6 is 38.6 Å². The van der Waals surface area contributed by atoms with Gasteiger partial charge in [0.05, 0.1) is 52.7 Å². The molecule has 15 heteroatoms. The van der Waals surface area contributed by atoms with Crippen molar-refractivity contribution in [3.05, 3.63) is 58.3 Å². The first-order valence-electron chi connectivity index (χ1n) is 14.5. The Morgan fingerprint density at radius 3 is 2.57 bits per heavy atom. The topological polar surface area (TPSA) is 99.7 Å². The van der Waals surface area contributed by atoms with E-state index >= 15 is 0 Å². The summed E-state index contributed by atoms with van der Waals surface area (Å²) in [6, 6.07) is 8.26. The van der Waals surface area contributed by atoms with Gasteiger partial charge in [0.15, 0.2) is 0 Å². The summed E-state index contributed by atoms with van der Waals surface area (Å²) in [5.41, 5.74) is 1.16. The Balaban J connectivity index is 0.00000288. The Hall–Kier alpha value is -3.30. The van der Waals surface area contributed by atoms with E-state index in [-0.39, 0.29) is 80.6 Å². The van der Waals surface area contributed by atoms with Crippen LogP contribution in [-0.4, -0.2) is 79.2 Å². The quantitative estimate of drug-likeness (QED) is 0.373. The fraction of sp³-hybridized carbons (Fsp3) is 0.484. The fourth-order valence-corrected chi connectivity index (χ4v) is 6.74. The lowest BCUT2D eigenvalue weighted by molar-refractivity contribution is -0.137. The molecule has 3 aliphatic heterocycles. The lowest BCUT2D eigenvalue weighted by Gasteiger charge is -2.43. The molecular formula is C31H37ClF3N7O2S2. The number of amides is 1. The molecule has 5 rings (SSSR count). The Morgan fingerprint density at radius 1 is 1.17 bits per heavy atom. The number of nitrogens with zero attached hydrogens (tertiary/aromatic N) is 7. The highest BCUT2D eigenvalue weighted by molar-refractivity contribution is 7.59. The van der Waals surface area contributed by atoms with Gasteiger partial charge in [-0.1, -0.05) is 24.2 Å². The Morgan fingerprint density at radius 2 is 1.93 bits per heavy atom. The molecule has 9 nitrogen and oxygen atoms in total. The van der Waals surface area contributed by atoms with Crippen LogP contribution in [-0.2, 0) is 23.9 Å². The zero-order valence-electron chi connectivity index (χ0n) is 25.4. The van der Waals surface area contributed by atoms with Crippen molar-refractivity contribution in [2.24, 2.45) is 0 Å². The SMILES string of the molecule is C=CC(=O)N1CCN(c2c(C#N)c(OC[C@@H]3CCCN3C)nc3c2CCN(c2cccc(Cl)c2C(F)(F)F)C3)C[C@@H]1CC#N.S.S. The number of alkyl halides is 3. The van der Waals surface area contributed by atoms with Crippen LogP contribution in [0.25, 0.3) is 0 Å². The molecule has 1 aromatic heterocycles. The monoisotopic (exact) mass is 695 g/mol. The van der Waals surface area contributed by atoms with Crippen LogP contribution in [0.4, 0.5) is 24.5 Å². The van der Waals surface area contributed by atoms with Gasteiger partial charge in [-0.2, -0.15) is 50.7 Å². The van der Waals surface area contributed by atoms with Crippen molar-refractivity contribution in [2.45, 2.75) is 50.5 Å². The van der Waals surface area contributed by atoms with Gasteiger partial charge in [0.2, 0.25) is 11.8 Å². The molecule has 2 saturated heterocycles. The fourth-order valence-electron chi connectivity index (χ4n) is 6.46. The first-order valence-corrected chi connectivity index (χ1v) is 14.9. The predicted octanol–water partition coefficient (Wildman–Crippen LogP) is 5.00. The van der Waals surface area contributed by atoms with Gasteiger partial charge in [0.25, 0.3) is 0 Å². The molecule has 0 saturated carbocycles. The van der Waals surface area contributed by atoms with Gasteiger partial charge in [-0.05, 0) is 51.1 Å². The third kappa shape index (κ3) is 7.46. The average molecular weight is 696 g/mol. The largest absolute Gasteiger partial charge is 0.475 e. The number of pyridine rings is 1. The van der Waals surface area contributed by atoms with Crippen LogP contribution in [0, 0.1) is 22.7 Å². The van der Waals surface area contributed by atoms with E-state index in [1.807, 2.05) is 11.9 Å². The molecule has 2 fully saturated rings. The lowest BCUT2D eigenvalue weighted by Crippen LogP contribution is -2.55. The number of piperazine rings is 1. The van der Waals surface area contributed by atoms with E-state index in [9.17, 15) is 28.5 Å². The summed E-state index contributed by atoms with van der Waals surface area (Å²) in [6.07, 6.45) is -1.06. The number of ether oxygens (including phenoxy) is 1. The van der Waals surface area contributed by atoms with Crippen molar-refractivity contribution in [3.63, 3.8) is 0 Å². The number of nitriles is 2. The van der Waals surface area contributed by atoms with Crippen molar-refractivity contribution >= 4 is 55.9 Å². The van der Waals surface area contributed by atoms with Gasteiger partial charge in [0.1, 0.15) is 18.2 Å². The van der Waals surface area contributed by atoms with Gasteiger partial charge in [-0.3, -0.25) is 4.79 Å². The van der Waals surface area contributed by atoms with Crippen molar-refractivity contribution in [1.29, 1.82) is 10.5 Å². The minimum absolute atomic E-state index is 0. The van der Waals surface area contributed by atoms with E-state index in [0.717, 1.165) is 24.9 Å². The van der Waals surface area contributed by atoms with Crippen LogP contribution in [0.3, 0.4) is 0 Å². The summed E-state index contributed by atoms with van der Waals surface area (Å²) >= 11 is 6.04. The summed E-state index contributed by atoms with van der Waals surface area (Å²) in [6.45, 7) is 6.10. The number of halogens is 4. The zero-order valence-corrected chi connectivity index (χ0v) is 28.2. The van der Waals surface area contributed by atoms with Crippen LogP contribution in [0.1, 0.15) is 41.6 Å². The molecule has 0 radical (unpaired) electrons. The third-order valence-corrected chi connectivity index (χ3v) is 9.00. The average Bonchev–Trinajstić information content (AvgIpc) is 3.42. The summed E-state index contributed by atoms with van der Waals surface area (Å²) < 4.78 is 48.4. The smallest absolute Gasteiger partial charge is 0.419 e. The first-order chi connectivity index (χ1) is 21.1. The molecule has 1 amide bonds. The molecule has 0 spiro atoms. The van der Waals surface area contributed by atoms with Crippen molar-refractivity contribution in [2.75, 3.05) is 56.2 Å². The standard InChI is InChI=1S/C31H33ClF3N7O2.2H2S/c1-3-27(43)42-15-14-41(17-20(42)9-11-36)29-22-10-13-40(26-8-4-7-24(32)28(26)31(33,34)35)18-25(22)38-30(23(29)16-37)44-19-21-6-5-12-39(21)2;;/h3-4,7-8,20-21H,1,5-6,9-10,12-15,17-19H2,2H3;2*1H2/t20-,21-;;/m0../s1. The van der Waals surface area contributed by atoms with E-state index in [2.05, 4.69) is 23.6 Å². The van der Waals surface area contributed by atoms with Crippen molar-refractivity contribution in [3.8, 4) is 18.0 Å². The molecule has 4 heterocycles. The maximum atomic E-state index is 14.1. The molecule has 0 unspecified atom stereocenters. The Labute approximate surface area is 286 Å². The second-order valence-corrected chi connectivity index (χ2v) is 11.7. The lowest BCUT2D eigenvalue weighted by atomic mass is 9.96. The molecular weight excluding hydrogens is 659 g/mol. The van der Waals surface area contributed by atoms with Crippen LogP contribution in [0.5, 0.6) is 5.88 Å². The Bertz CT molecular complexity index is 1530. The maximum Gasteiger partial charge on any atom is 0.419 e. The highest BCUT2D eigenvalue weighted by atomic mass is 35.5. The van der Waals surface area contributed by atoms with E-state index in [1.54, 1.807) is 9.80 Å². The first kappa shape index (κ1) is 37.2.